The third-order valence-corrected chi connectivity index (χ3v) is 6.71. The van der Waals surface area contributed by atoms with E-state index in [4.69, 9.17) is 15.6 Å². The van der Waals surface area contributed by atoms with E-state index in [1.54, 1.807) is 0 Å². The Hall–Kier alpha value is -2.08. The minimum Gasteiger partial charge on any atom is -0.481 e. The molecule has 0 aliphatic heterocycles. The lowest BCUT2D eigenvalue weighted by Gasteiger charge is -2.42. The first-order valence-electron chi connectivity index (χ1n) is 12.1. The lowest BCUT2D eigenvalue weighted by Crippen LogP contribution is -2.48. The van der Waals surface area contributed by atoms with Gasteiger partial charge in [-0.25, -0.2) is 4.79 Å². The number of carboxylic acids is 1. The largest absolute Gasteiger partial charge is 0.481 e. The molecular formula is C27H44N2O4. The second kappa shape index (κ2) is 10.9. The molecule has 3 aliphatic carbocycles. The summed E-state index contributed by atoms with van der Waals surface area (Å²) in [7, 11) is 0. The molecular weight excluding hydrogens is 416 g/mol. The molecule has 3 saturated carbocycles. The Bertz CT molecular complexity index is 765. The van der Waals surface area contributed by atoms with Gasteiger partial charge in [0.2, 0.25) is 0 Å². The number of carboxylic acid groups (broad SMARTS) is 1. The number of hydrogen-bond acceptors (Lipinski definition) is 4. The molecule has 0 atom stereocenters. The fourth-order valence-electron chi connectivity index (χ4n) is 5.12. The van der Waals surface area contributed by atoms with Gasteiger partial charge in [0.25, 0.3) is 0 Å². The van der Waals surface area contributed by atoms with Crippen molar-refractivity contribution < 1.29 is 19.4 Å². The quantitative estimate of drug-likeness (QED) is 0.531. The molecule has 0 heterocycles. The van der Waals surface area contributed by atoms with Gasteiger partial charge < -0.3 is 20.9 Å². The Morgan fingerprint density at radius 1 is 0.909 bits per heavy atom. The SMILES string of the molecule is CC1(C)CC(C(=O)O)C1.CC1(C)CC(N)C1.CC1(C)CC(NC(=O)OCc2ccccc2)C1. The van der Waals surface area contributed by atoms with Crippen LogP contribution in [0.1, 0.15) is 85.6 Å². The molecule has 6 heteroatoms. The van der Waals surface area contributed by atoms with Crippen LogP contribution in [0.15, 0.2) is 30.3 Å². The van der Waals surface area contributed by atoms with E-state index < -0.39 is 5.97 Å². The highest BCUT2D eigenvalue weighted by Gasteiger charge is 2.40. The number of carbonyl (C=O) groups excluding carboxylic acids is 1. The molecule has 3 fully saturated rings. The summed E-state index contributed by atoms with van der Waals surface area (Å²) in [5.41, 5.74) is 7.80. The number of alkyl carbamates (subject to hydrolysis) is 1. The van der Waals surface area contributed by atoms with Crippen molar-refractivity contribution in [1.82, 2.24) is 5.32 Å². The van der Waals surface area contributed by atoms with Crippen LogP contribution in [0.3, 0.4) is 0 Å². The normalized spacial score (nSPS) is 22.5. The summed E-state index contributed by atoms with van der Waals surface area (Å²) < 4.78 is 5.15. The number of nitrogens with two attached hydrogens (primary N) is 1. The molecule has 0 aromatic heterocycles. The number of aliphatic carboxylic acids is 1. The predicted octanol–water partition coefficient (Wildman–Crippen LogP) is 5.74. The fourth-order valence-corrected chi connectivity index (χ4v) is 5.12. The van der Waals surface area contributed by atoms with Crippen LogP contribution in [0.5, 0.6) is 0 Å². The van der Waals surface area contributed by atoms with Crippen molar-refractivity contribution in [3.63, 3.8) is 0 Å². The number of ether oxygens (including phenoxy) is 1. The molecule has 6 nitrogen and oxygen atoms in total. The summed E-state index contributed by atoms with van der Waals surface area (Å²) in [5, 5.41) is 11.3. The summed E-state index contributed by atoms with van der Waals surface area (Å²) in [6.07, 6.45) is 5.89. The maximum Gasteiger partial charge on any atom is 0.407 e. The van der Waals surface area contributed by atoms with Gasteiger partial charge in [0.05, 0.1) is 5.92 Å². The van der Waals surface area contributed by atoms with Gasteiger partial charge in [-0.2, -0.15) is 0 Å². The molecule has 4 rings (SSSR count). The van der Waals surface area contributed by atoms with Crippen molar-refractivity contribution >= 4 is 12.1 Å². The van der Waals surface area contributed by atoms with E-state index in [9.17, 15) is 9.59 Å². The Morgan fingerprint density at radius 3 is 1.73 bits per heavy atom. The Labute approximate surface area is 199 Å². The lowest BCUT2D eigenvalue weighted by molar-refractivity contribution is -0.148. The first-order chi connectivity index (χ1) is 15.2. The van der Waals surface area contributed by atoms with E-state index >= 15 is 0 Å². The van der Waals surface area contributed by atoms with E-state index in [0.717, 1.165) is 31.2 Å². The van der Waals surface area contributed by atoms with Crippen LogP contribution in [-0.2, 0) is 16.1 Å². The van der Waals surface area contributed by atoms with Crippen molar-refractivity contribution in [2.24, 2.45) is 27.9 Å². The second-order valence-electron chi connectivity index (χ2n) is 12.4. The zero-order valence-corrected chi connectivity index (χ0v) is 21.3. The van der Waals surface area contributed by atoms with E-state index in [-0.39, 0.29) is 18.1 Å². The molecule has 0 spiro atoms. The Kier molecular flexibility index (Phi) is 8.97. The highest BCUT2D eigenvalue weighted by atomic mass is 16.5. The highest BCUT2D eigenvalue weighted by Crippen LogP contribution is 2.44. The average molecular weight is 461 g/mol. The number of benzene rings is 1. The van der Waals surface area contributed by atoms with Gasteiger partial charge >= 0.3 is 12.1 Å². The zero-order chi connectivity index (χ0) is 24.9. The summed E-state index contributed by atoms with van der Waals surface area (Å²) in [5.74, 6) is -0.686. The van der Waals surface area contributed by atoms with Crippen LogP contribution in [0.25, 0.3) is 0 Å². The zero-order valence-electron chi connectivity index (χ0n) is 21.3. The second-order valence-corrected chi connectivity index (χ2v) is 12.4. The van der Waals surface area contributed by atoms with Crippen molar-refractivity contribution in [3.05, 3.63) is 35.9 Å². The molecule has 4 N–H and O–H groups in total. The van der Waals surface area contributed by atoms with Crippen LogP contribution in [0.4, 0.5) is 4.79 Å². The van der Waals surface area contributed by atoms with E-state index in [1.807, 2.05) is 30.3 Å². The van der Waals surface area contributed by atoms with Gasteiger partial charge in [0.1, 0.15) is 6.61 Å². The van der Waals surface area contributed by atoms with Crippen LogP contribution in [0.2, 0.25) is 0 Å². The molecule has 1 amide bonds. The van der Waals surface area contributed by atoms with Crippen LogP contribution in [0, 0.1) is 22.2 Å². The average Bonchev–Trinajstić information content (AvgIpc) is 2.63. The van der Waals surface area contributed by atoms with E-state index in [2.05, 4.69) is 46.9 Å². The number of hydrogen-bond donors (Lipinski definition) is 3. The number of amides is 1. The van der Waals surface area contributed by atoms with Gasteiger partial charge in [-0.1, -0.05) is 71.9 Å². The molecule has 1 aromatic rings. The van der Waals surface area contributed by atoms with Gasteiger partial charge in [-0.15, -0.1) is 0 Å². The topological polar surface area (TPSA) is 102 Å². The van der Waals surface area contributed by atoms with Crippen molar-refractivity contribution in [2.45, 2.75) is 98.8 Å². The van der Waals surface area contributed by atoms with Gasteiger partial charge in [0, 0.05) is 12.1 Å². The van der Waals surface area contributed by atoms with Crippen molar-refractivity contribution in [1.29, 1.82) is 0 Å². The lowest BCUT2D eigenvalue weighted by atomic mass is 9.65. The number of rotatable bonds is 4. The monoisotopic (exact) mass is 460 g/mol. The summed E-state index contributed by atoms with van der Waals surface area (Å²) in [6, 6.07) is 10.5. The van der Waals surface area contributed by atoms with Crippen LogP contribution in [-0.4, -0.2) is 29.3 Å². The number of carbonyl (C=O) groups is 2. The van der Waals surface area contributed by atoms with Gasteiger partial charge in [-0.05, 0) is 60.3 Å². The Morgan fingerprint density at radius 2 is 1.39 bits per heavy atom. The van der Waals surface area contributed by atoms with Gasteiger partial charge in [0.15, 0.2) is 0 Å². The standard InChI is InChI=1S/C14H19NO2.C7H12O2.C6H13N/c1-14(2)8-12(9-14)15-13(16)17-10-11-6-4-3-5-7-11;1-7(2)3-5(4-7)6(8)9;1-6(2)3-5(7)4-6/h3-7,12H,8-10H2,1-2H3,(H,15,16);5H,3-4H2,1-2H3,(H,8,9);5H,3-4,7H2,1-2H3. The molecule has 1 aromatic carbocycles. The first kappa shape index (κ1) is 27.2. The van der Waals surface area contributed by atoms with E-state index in [0.29, 0.717) is 28.9 Å². The van der Waals surface area contributed by atoms with E-state index in [1.165, 1.54) is 12.8 Å². The molecule has 0 radical (unpaired) electrons. The maximum absolute atomic E-state index is 11.5. The Balaban J connectivity index is 0.000000201. The number of nitrogens with one attached hydrogen (secondary N) is 1. The first-order valence-corrected chi connectivity index (χ1v) is 12.1. The van der Waals surface area contributed by atoms with Gasteiger partial charge in [-0.3, -0.25) is 4.79 Å². The molecule has 186 valence electrons. The maximum atomic E-state index is 11.5. The third kappa shape index (κ3) is 9.75. The summed E-state index contributed by atoms with van der Waals surface area (Å²) in [6.45, 7) is 13.5. The van der Waals surface area contributed by atoms with Crippen LogP contribution >= 0.6 is 0 Å². The molecule has 0 saturated heterocycles. The highest BCUT2D eigenvalue weighted by molar-refractivity contribution is 5.71. The predicted molar refractivity (Wildman–Crippen MR) is 132 cm³/mol. The molecule has 0 unspecified atom stereocenters. The van der Waals surface area contributed by atoms with Crippen molar-refractivity contribution in [3.8, 4) is 0 Å². The fraction of sp³-hybridized carbons (Fsp3) is 0.704. The third-order valence-electron chi connectivity index (χ3n) is 6.71. The summed E-state index contributed by atoms with van der Waals surface area (Å²) >= 11 is 0. The minimum absolute atomic E-state index is 0.0556. The minimum atomic E-state index is -0.630. The summed E-state index contributed by atoms with van der Waals surface area (Å²) in [4.78, 5) is 21.8. The molecule has 0 bridgehead atoms. The van der Waals surface area contributed by atoms with Crippen LogP contribution < -0.4 is 11.1 Å². The smallest absolute Gasteiger partial charge is 0.407 e. The molecule has 3 aliphatic rings. The van der Waals surface area contributed by atoms with Crippen molar-refractivity contribution in [2.75, 3.05) is 0 Å². The molecule has 33 heavy (non-hydrogen) atoms.